The number of benzene rings is 2. The van der Waals surface area contributed by atoms with Gasteiger partial charge in [-0.25, -0.2) is 4.68 Å². The van der Waals surface area contributed by atoms with Gasteiger partial charge in [0.1, 0.15) is 5.82 Å². The Bertz CT molecular complexity index is 917. The molecule has 0 radical (unpaired) electrons. The summed E-state index contributed by atoms with van der Waals surface area (Å²) in [5.74, 6) is 0.502. The van der Waals surface area contributed by atoms with Crippen LogP contribution in [0.4, 0.5) is 5.82 Å². The smallest absolute Gasteiger partial charge is 0.228 e. The molecule has 1 atom stereocenters. The van der Waals surface area contributed by atoms with E-state index in [9.17, 15) is 4.79 Å². The van der Waals surface area contributed by atoms with Gasteiger partial charge in [-0.3, -0.25) is 4.79 Å². The molecule has 1 amide bonds. The molecular weight excluding hydrogens is 352 g/mol. The third-order valence-electron chi connectivity index (χ3n) is 4.65. The first-order chi connectivity index (χ1) is 13.6. The minimum absolute atomic E-state index is 0.150. The standard InChI is InChI=1S/C22H26N4O2/c1-16-8-6-7-11-19(16)20-13-21(24-22(27)12-18(14-23)28-2)26(25-20)15-17-9-4-3-5-10-17/h3-11,13,18H,12,14-15,23H2,1-2H3,(H,24,27). The molecule has 1 heterocycles. The highest BCUT2D eigenvalue weighted by atomic mass is 16.5. The van der Waals surface area contributed by atoms with E-state index in [-0.39, 0.29) is 18.4 Å². The third-order valence-corrected chi connectivity index (χ3v) is 4.65. The molecule has 2 aromatic carbocycles. The van der Waals surface area contributed by atoms with Crippen molar-refractivity contribution in [1.29, 1.82) is 0 Å². The Morgan fingerprint density at radius 3 is 2.57 bits per heavy atom. The second kappa shape index (κ2) is 9.30. The Morgan fingerprint density at radius 1 is 1.18 bits per heavy atom. The van der Waals surface area contributed by atoms with Gasteiger partial charge < -0.3 is 15.8 Å². The number of aromatic nitrogens is 2. The quantitative estimate of drug-likeness (QED) is 0.631. The second-order valence-electron chi connectivity index (χ2n) is 6.72. The molecular formula is C22H26N4O2. The van der Waals surface area contributed by atoms with E-state index in [1.54, 1.807) is 7.11 Å². The van der Waals surface area contributed by atoms with Crippen LogP contribution in [0.1, 0.15) is 17.5 Å². The third kappa shape index (κ3) is 4.85. The van der Waals surface area contributed by atoms with Gasteiger partial charge in [0.15, 0.2) is 0 Å². The van der Waals surface area contributed by atoms with Gasteiger partial charge in [-0.1, -0.05) is 54.6 Å². The number of carbonyl (C=O) groups excluding carboxylic acids is 1. The molecule has 3 aromatic rings. The predicted octanol–water partition coefficient (Wildman–Crippen LogP) is 3.21. The Kier molecular flexibility index (Phi) is 6.57. The fraction of sp³-hybridized carbons (Fsp3) is 0.273. The number of hydrogen-bond acceptors (Lipinski definition) is 4. The Labute approximate surface area is 165 Å². The van der Waals surface area contributed by atoms with E-state index in [1.807, 2.05) is 72.3 Å². The van der Waals surface area contributed by atoms with Crippen molar-refractivity contribution in [1.82, 2.24) is 9.78 Å². The van der Waals surface area contributed by atoms with Gasteiger partial charge in [0, 0.05) is 25.3 Å². The summed E-state index contributed by atoms with van der Waals surface area (Å²) in [5.41, 5.74) is 9.74. The number of carbonyl (C=O) groups is 1. The number of nitrogens with zero attached hydrogens (tertiary/aromatic N) is 2. The lowest BCUT2D eigenvalue weighted by atomic mass is 10.1. The van der Waals surface area contributed by atoms with Gasteiger partial charge in [0.2, 0.25) is 5.91 Å². The number of aryl methyl sites for hydroxylation is 1. The van der Waals surface area contributed by atoms with Crippen LogP contribution in [-0.2, 0) is 16.1 Å². The lowest BCUT2D eigenvalue weighted by Gasteiger charge is -2.13. The number of nitrogens with one attached hydrogen (secondary N) is 1. The van der Waals surface area contributed by atoms with Crippen molar-refractivity contribution in [2.24, 2.45) is 5.73 Å². The molecule has 0 aliphatic carbocycles. The van der Waals surface area contributed by atoms with Crippen LogP contribution in [-0.4, -0.2) is 35.4 Å². The lowest BCUT2D eigenvalue weighted by molar-refractivity contribution is -0.118. The molecule has 3 N–H and O–H groups in total. The highest BCUT2D eigenvalue weighted by Gasteiger charge is 2.16. The Morgan fingerprint density at radius 2 is 1.89 bits per heavy atom. The Balaban J connectivity index is 1.90. The van der Waals surface area contributed by atoms with E-state index in [4.69, 9.17) is 15.6 Å². The number of amides is 1. The molecule has 0 bridgehead atoms. The zero-order valence-corrected chi connectivity index (χ0v) is 16.3. The molecule has 0 fully saturated rings. The number of anilines is 1. The fourth-order valence-electron chi connectivity index (χ4n) is 3.05. The van der Waals surface area contributed by atoms with Crippen LogP contribution < -0.4 is 11.1 Å². The van der Waals surface area contributed by atoms with Crippen LogP contribution in [0.15, 0.2) is 60.7 Å². The average Bonchev–Trinajstić information content (AvgIpc) is 3.09. The molecule has 3 rings (SSSR count). The van der Waals surface area contributed by atoms with Crippen LogP contribution in [0.3, 0.4) is 0 Å². The van der Waals surface area contributed by atoms with Crippen molar-refractivity contribution in [2.45, 2.75) is 26.0 Å². The minimum Gasteiger partial charge on any atom is -0.380 e. The van der Waals surface area contributed by atoms with E-state index in [0.717, 1.165) is 22.4 Å². The van der Waals surface area contributed by atoms with Crippen molar-refractivity contribution < 1.29 is 9.53 Å². The number of ether oxygens (including phenoxy) is 1. The van der Waals surface area contributed by atoms with Crippen molar-refractivity contribution in [3.05, 3.63) is 71.8 Å². The van der Waals surface area contributed by atoms with Crippen molar-refractivity contribution in [3.8, 4) is 11.3 Å². The SMILES string of the molecule is COC(CN)CC(=O)Nc1cc(-c2ccccc2C)nn1Cc1ccccc1. The molecule has 1 aromatic heterocycles. The van der Waals surface area contributed by atoms with Gasteiger partial charge in [0.25, 0.3) is 0 Å². The van der Waals surface area contributed by atoms with Crippen molar-refractivity contribution >= 4 is 11.7 Å². The maximum atomic E-state index is 12.5. The molecule has 6 nitrogen and oxygen atoms in total. The van der Waals surface area contributed by atoms with Gasteiger partial charge in [-0.15, -0.1) is 0 Å². The van der Waals surface area contributed by atoms with Gasteiger partial charge in [0.05, 0.1) is 24.8 Å². The van der Waals surface area contributed by atoms with E-state index < -0.39 is 0 Å². The molecule has 0 spiro atoms. The molecule has 0 saturated carbocycles. The minimum atomic E-state index is -0.304. The summed E-state index contributed by atoms with van der Waals surface area (Å²) < 4.78 is 7.03. The highest BCUT2D eigenvalue weighted by Crippen LogP contribution is 2.25. The van der Waals surface area contributed by atoms with E-state index in [1.165, 1.54) is 0 Å². The molecule has 6 heteroatoms. The monoisotopic (exact) mass is 378 g/mol. The number of hydrogen-bond donors (Lipinski definition) is 2. The zero-order valence-electron chi connectivity index (χ0n) is 16.3. The fourth-order valence-corrected chi connectivity index (χ4v) is 3.05. The second-order valence-corrected chi connectivity index (χ2v) is 6.72. The molecule has 146 valence electrons. The first-order valence-corrected chi connectivity index (χ1v) is 9.31. The van der Waals surface area contributed by atoms with Gasteiger partial charge in [-0.2, -0.15) is 5.10 Å². The summed E-state index contributed by atoms with van der Waals surface area (Å²) in [4.78, 5) is 12.5. The van der Waals surface area contributed by atoms with Crippen LogP contribution in [0.25, 0.3) is 11.3 Å². The first-order valence-electron chi connectivity index (χ1n) is 9.31. The van der Waals surface area contributed by atoms with E-state index >= 15 is 0 Å². The number of rotatable bonds is 8. The van der Waals surface area contributed by atoms with Crippen LogP contribution in [0.2, 0.25) is 0 Å². The van der Waals surface area contributed by atoms with Crippen LogP contribution in [0, 0.1) is 6.92 Å². The number of methoxy groups -OCH3 is 1. The maximum Gasteiger partial charge on any atom is 0.228 e. The largest absolute Gasteiger partial charge is 0.380 e. The summed E-state index contributed by atoms with van der Waals surface area (Å²) in [5, 5.41) is 7.72. The van der Waals surface area contributed by atoms with E-state index in [2.05, 4.69) is 5.32 Å². The predicted molar refractivity (Wildman–Crippen MR) is 111 cm³/mol. The van der Waals surface area contributed by atoms with Crippen LogP contribution >= 0.6 is 0 Å². The zero-order chi connectivity index (χ0) is 19.9. The molecule has 0 aliphatic rings. The van der Waals surface area contributed by atoms with E-state index in [0.29, 0.717) is 18.9 Å². The number of nitrogens with two attached hydrogens (primary N) is 1. The van der Waals surface area contributed by atoms with Crippen LogP contribution in [0.5, 0.6) is 0 Å². The van der Waals surface area contributed by atoms with Crippen molar-refractivity contribution in [2.75, 3.05) is 19.0 Å². The topological polar surface area (TPSA) is 82.2 Å². The summed E-state index contributed by atoms with van der Waals surface area (Å²) in [7, 11) is 1.56. The lowest BCUT2D eigenvalue weighted by Crippen LogP contribution is -2.28. The van der Waals surface area contributed by atoms with Gasteiger partial charge >= 0.3 is 0 Å². The first kappa shape index (κ1) is 19.8. The molecule has 28 heavy (non-hydrogen) atoms. The van der Waals surface area contributed by atoms with Gasteiger partial charge in [-0.05, 0) is 18.1 Å². The summed E-state index contributed by atoms with van der Waals surface area (Å²) in [6.45, 7) is 2.91. The summed E-state index contributed by atoms with van der Waals surface area (Å²) in [6, 6.07) is 20.0. The molecule has 0 saturated heterocycles. The molecule has 1 unspecified atom stereocenters. The average molecular weight is 378 g/mol. The molecule has 0 aliphatic heterocycles. The summed E-state index contributed by atoms with van der Waals surface area (Å²) in [6.07, 6.45) is -0.107. The Hall–Kier alpha value is -2.96. The summed E-state index contributed by atoms with van der Waals surface area (Å²) >= 11 is 0. The highest BCUT2D eigenvalue weighted by molar-refractivity contribution is 5.91. The maximum absolute atomic E-state index is 12.5. The van der Waals surface area contributed by atoms with Crippen molar-refractivity contribution in [3.63, 3.8) is 0 Å². The normalized spacial score (nSPS) is 12.0.